The summed E-state index contributed by atoms with van der Waals surface area (Å²) < 4.78 is 0. The predicted molar refractivity (Wildman–Crippen MR) is 151 cm³/mol. The van der Waals surface area contributed by atoms with Gasteiger partial charge >= 0.3 is 5.97 Å². The van der Waals surface area contributed by atoms with Crippen molar-refractivity contribution in [3.05, 3.63) is 59.7 Å². The van der Waals surface area contributed by atoms with Gasteiger partial charge in [0.1, 0.15) is 29.6 Å². The number of thioether (sulfide) groups is 1. The van der Waals surface area contributed by atoms with Crippen molar-refractivity contribution in [1.82, 2.24) is 21.3 Å². The first-order chi connectivity index (χ1) is 19.2. The molecule has 1 aliphatic rings. The van der Waals surface area contributed by atoms with E-state index < -0.39 is 42.0 Å². The van der Waals surface area contributed by atoms with Crippen molar-refractivity contribution in [1.29, 1.82) is 0 Å². The van der Waals surface area contributed by atoms with Crippen molar-refractivity contribution in [3.63, 3.8) is 0 Å². The van der Waals surface area contributed by atoms with E-state index in [1.54, 1.807) is 24.3 Å². The summed E-state index contributed by atoms with van der Waals surface area (Å²) >= 11 is 1.45. The van der Waals surface area contributed by atoms with Crippen LogP contribution in [0.25, 0.3) is 0 Å². The molecule has 216 valence electrons. The predicted octanol–water partition coefficient (Wildman–Crippen LogP) is 0.927. The van der Waals surface area contributed by atoms with Gasteiger partial charge in [-0.2, -0.15) is 11.8 Å². The van der Waals surface area contributed by atoms with Crippen LogP contribution in [0.4, 0.5) is 0 Å². The Morgan fingerprint density at radius 3 is 1.80 bits per heavy atom. The minimum atomic E-state index is -1.18. The van der Waals surface area contributed by atoms with E-state index in [4.69, 9.17) is 0 Å². The normalized spacial score (nSPS) is 16.9. The van der Waals surface area contributed by atoms with Crippen LogP contribution >= 0.6 is 11.8 Å². The van der Waals surface area contributed by atoms with Crippen LogP contribution in [0, 0.1) is 0 Å². The van der Waals surface area contributed by atoms with E-state index in [1.807, 2.05) is 6.26 Å². The van der Waals surface area contributed by atoms with Crippen LogP contribution in [-0.4, -0.2) is 81.7 Å². The molecule has 11 nitrogen and oxygen atoms in total. The average molecular weight is 573 g/mol. The molecule has 1 fully saturated rings. The van der Waals surface area contributed by atoms with E-state index in [-0.39, 0.29) is 36.7 Å². The molecule has 2 aromatic carbocycles. The number of carbonyl (C=O) groups excluding carboxylic acids is 3. The lowest BCUT2D eigenvalue weighted by atomic mass is 10.0. The molecule has 0 radical (unpaired) electrons. The van der Waals surface area contributed by atoms with Gasteiger partial charge in [-0.05, 0) is 73.2 Å². The molecule has 1 heterocycles. The molecule has 7 N–H and O–H groups in total. The van der Waals surface area contributed by atoms with Crippen LogP contribution in [0.2, 0.25) is 0 Å². The van der Waals surface area contributed by atoms with Crippen LogP contribution in [0.1, 0.15) is 30.4 Å². The lowest BCUT2D eigenvalue weighted by Crippen LogP contribution is -2.58. The summed E-state index contributed by atoms with van der Waals surface area (Å²) in [6.45, 7) is 0.697. The van der Waals surface area contributed by atoms with E-state index in [1.165, 1.54) is 36.0 Å². The van der Waals surface area contributed by atoms with E-state index >= 15 is 0 Å². The Bertz CT molecular complexity index is 1150. The molecule has 0 aromatic heterocycles. The fourth-order valence-corrected chi connectivity index (χ4v) is 4.84. The lowest BCUT2D eigenvalue weighted by Gasteiger charge is -2.25. The third-order valence-corrected chi connectivity index (χ3v) is 7.26. The summed E-state index contributed by atoms with van der Waals surface area (Å²) in [6, 6.07) is 8.58. The van der Waals surface area contributed by atoms with Gasteiger partial charge in [0.05, 0.1) is 6.04 Å². The van der Waals surface area contributed by atoms with Crippen molar-refractivity contribution < 1.29 is 34.5 Å². The molecule has 0 aliphatic carbocycles. The Hall–Kier alpha value is -3.77. The minimum Gasteiger partial charge on any atom is -0.508 e. The van der Waals surface area contributed by atoms with Crippen LogP contribution in [0.3, 0.4) is 0 Å². The first kappa shape index (κ1) is 30.8. The summed E-state index contributed by atoms with van der Waals surface area (Å²) in [4.78, 5) is 51.5. The van der Waals surface area contributed by atoms with Gasteiger partial charge in [0.2, 0.25) is 17.7 Å². The van der Waals surface area contributed by atoms with E-state index in [0.717, 1.165) is 6.42 Å². The highest BCUT2D eigenvalue weighted by atomic mass is 32.2. The number of carboxylic acid groups (broad SMARTS) is 1. The van der Waals surface area contributed by atoms with Crippen LogP contribution in [0.15, 0.2) is 48.5 Å². The second-order valence-electron chi connectivity index (χ2n) is 9.69. The zero-order valence-electron chi connectivity index (χ0n) is 22.3. The van der Waals surface area contributed by atoms with Crippen LogP contribution < -0.4 is 21.3 Å². The molecule has 1 aliphatic heterocycles. The number of carbonyl (C=O) groups is 4. The smallest absolute Gasteiger partial charge is 0.326 e. The number of phenolic OH excluding ortho intramolecular Hbond substituents is 2. The largest absolute Gasteiger partial charge is 0.508 e. The highest BCUT2D eigenvalue weighted by Gasteiger charge is 2.31. The Kier molecular flexibility index (Phi) is 11.6. The number of aromatic hydroxyl groups is 2. The van der Waals surface area contributed by atoms with Gasteiger partial charge in [-0.25, -0.2) is 4.79 Å². The van der Waals surface area contributed by atoms with Gasteiger partial charge in [-0.3, -0.25) is 14.4 Å². The van der Waals surface area contributed by atoms with Crippen LogP contribution in [-0.2, 0) is 32.0 Å². The highest BCUT2D eigenvalue weighted by molar-refractivity contribution is 7.98. The van der Waals surface area contributed by atoms with Gasteiger partial charge in [0, 0.05) is 12.8 Å². The number of hydrogen-bond acceptors (Lipinski definition) is 8. The van der Waals surface area contributed by atoms with Crippen molar-refractivity contribution >= 4 is 35.5 Å². The zero-order valence-corrected chi connectivity index (χ0v) is 23.1. The summed E-state index contributed by atoms with van der Waals surface area (Å²) in [5, 5.41) is 40.0. The Labute approximate surface area is 237 Å². The van der Waals surface area contributed by atoms with Gasteiger partial charge in [-0.1, -0.05) is 24.3 Å². The SMILES string of the molecule is CSCCC(NC(=O)C(Cc1ccc(O)cc1)NC(=O)C(Cc1ccc(O)cc1)NC(=O)C1CCCN1)C(=O)O. The van der Waals surface area contributed by atoms with Gasteiger partial charge in [0.15, 0.2) is 0 Å². The number of hydrogen-bond donors (Lipinski definition) is 7. The number of nitrogens with one attached hydrogen (secondary N) is 4. The summed E-state index contributed by atoms with van der Waals surface area (Å²) in [5.41, 5.74) is 1.31. The quantitative estimate of drug-likeness (QED) is 0.174. The standard InChI is InChI=1S/C28H36N4O7S/c1-40-14-12-22(28(38)39)30-26(36)23(15-17-4-8-19(33)9-5-17)32-27(37)24(16-18-6-10-20(34)11-7-18)31-25(35)21-3-2-13-29-21/h4-11,21-24,29,33-34H,2-3,12-16H2,1H3,(H,30,36)(H,31,35)(H,32,37)(H,38,39). The van der Waals surface area contributed by atoms with Crippen LogP contribution in [0.5, 0.6) is 11.5 Å². The molecular formula is C28H36N4O7S. The molecule has 40 heavy (non-hydrogen) atoms. The van der Waals surface area contributed by atoms with Crippen molar-refractivity contribution in [3.8, 4) is 11.5 Å². The summed E-state index contributed by atoms with van der Waals surface area (Å²) in [5.74, 6) is -2.20. The van der Waals surface area contributed by atoms with E-state index in [2.05, 4.69) is 21.3 Å². The number of phenols is 2. The molecule has 0 bridgehead atoms. The summed E-state index contributed by atoms with van der Waals surface area (Å²) in [6.07, 6.45) is 3.63. The minimum absolute atomic E-state index is 0.0246. The van der Waals surface area contributed by atoms with E-state index in [0.29, 0.717) is 29.8 Å². The molecule has 0 saturated carbocycles. The maximum Gasteiger partial charge on any atom is 0.326 e. The third kappa shape index (κ3) is 9.45. The van der Waals surface area contributed by atoms with Gasteiger partial charge in [-0.15, -0.1) is 0 Å². The maximum atomic E-state index is 13.6. The average Bonchev–Trinajstić information content (AvgIpc) is 3.47. The van der Waals surface area contributed by atoms with Crippen molar-refractivity contribution in [2.45, 2.75) is 56.3 Å². The molecule has 4 atom stereocenters. The Morgan fingerprint density at radius 2 is 1.35 bits per heavy atom. The molecule has 1 saturated heterocycles. The first-order valence-corrected chi connectivity index (χ1v) is 14.5. The zero-order chi connectivity index (χ0) is 29.1. The Morgan fingerprint density at radius 1 is 0.850 bits per heavy atom. The molecule has 0 spiro atoms. The number of amides is 3. The molecule has 4 unspecified atom stereocenters. The monoisotopic (exact) mass is 572 g/mol. The number of benzene rings is 2. The second-order valence-corrected chi connectivity index (χ2v) is 10.7. The highest BCUT2D eigenvalue weighted by Crippen LogP contribution is 2.15. The number of carboxylic acids is 1. The number of aliphatic carboxylic acids is 1. The maximum absolute atomic E-state index is 13.6. The van der Waals surface area contributed by atoms with Gasteiger partial charge in [0.25, 0.3) is 0 Å². The van der Waals surface area contributed by atoms with Crippen molar-refractivity contribution in [2.75, 3.05) is 18.6 Å². The molecule has 3 amide bonds. The molecule has 3 rings (SSSR count). The number of rotatable bonds is 14. The first-order valence-electron chi connectivity index (χ1n) is 13.1. The topological polar surface area (TPSA) is 177 Å². The Balaban J connectivity index is 1.82. The molecular weight excluding hydrogens is 536 g/mol. The fraction of sp³-hybridized carbons (Fsp3) is 0.429. The molecule has 2 aromatic rings. The third-order valence-electron chi connectivity index (χ3n) is 6.62. The van der Waals surface area contributed by atoms with Gasteiger partial charge < -0.3 is 36.6 Å². The lowest BCUT2D eigenvalue weighted by molar-refractivity contribution is -0.142. The van der Waals surface area contributed by atoms with E-state index in [9.17, 15) is 34.5 Å². The summed E-state index contributed by atoms with van der Waals surface area (Å²) in [7, 11) is 0. The molecule has 12 heteroatoms. The fourth-order valence-electron chi connectivity index (χ4n) is 4.37. The van der Waals surface area contributed by atoms with Crippen molar-refractivity contribution in [2.24, 2.45) is 0 Å². The second kappa shape index (κ2) is 15.1.